The standard InChI is InChI=1S/C13H15BrN2O3/c1-7(12(17)16-9-3-4-9)19-13(18)8-2-5-10(14)11(15)6-8/h2,5-7,9H,3-4,15H2,1H3,(H,16,17). The molecule has 1 unspecified atom stereocenters. The van der Waals surface area contributed by atoms with Crippen LogP contribution < -0.4 is 11.1 Å². The minimum Gasteiger partial charge on any atom is -0.449 e. The average molecular weight is 327 g/mol. The van der Waals surface area contributed by atoms with Crippen molar-refractivity contribution in [2.75, 3.05) is 5.73 Å². The Kier molecular flexibility index (Phi) is 4.09. The van der Waals surface area contributed by atoms with Crippen molar-refractivity contribution in [3.05, 3.63) is 28.2 Å². The first-order valence-electron chi connectivity index (χ1n) is 6.03. The molecule has 0 radical (unpaired) electrons. The highest BCUT2D eigenvalue weighted by Gasteiger charge is 2.27. The summed E-state index contributed by atoms with van der Waals surface area (Å²) in [5.74, 6) is -0.821. The van der Waals surface area contributed by atoms with Gasteiger partial charge in [-0.2, -0.15) is 0 Å². The van der Waals surface area contributed by atoms with Crippen molar-refractivity contribution >= 4 is 33.5 Å². The monoisotopic (exact) mass is 326 g/mol. The second-order valence-corrected chi connectivity index (χ2v) is 5.42. The smallest absolute Gasteiger partial charge is 0.338 e. The summed E-state index contributed by atoms with van der Waals surface area (Å²) < 4.78 is 5.81. The molecular formula is C13H15BrN2O3. The molecule has 5 nitrogen and oxygen atoms in total. The van der Waals surface area contributed by atoms with Gasteiger partial charge in [-0.3, -0.25) is 4.79 Å². The van der Waals surface area contributed by atoms with Crippen molar-refractivity contribution in [1.29, 1.82) is 0 Å². The number of amides is 1. The van der Waals surface area contributed by atoms with Gasteiger partial charge < -0.3 is 15.8 Å². The number of hydrogen-bond donors (Lipinski definition) is 2. The fraction of sp³-hybridized carbons (Fsp3) is 0.385. The summed E-state index contributed by atoms with van der Waals surface area (Å²) in [6, 6.07) is 5.02. The average Bonchev–Trinajstić information content (AvgIpc) is 3.16. The summed E-state index contributed by atoms with van der Waals surface area (Å²) in [7, 11) is 0. The van der Waals surface area contributed by atoms with Crippen molar-refractivity contribution in [2.45, 2.75) is 31.9 Å². The number of esters is 1. The third kappa shape index (κ3) is 3.70. The molecule has 0 bridgehead atoms. The Morgan fingerprint density at radius 3 is 2.74 bits per heavy atom. The fourth-order valence-electron chi connectivity index (χ4n) is 1.50. The van der Waals surface area contributed by atoms with Gasteiger partial charge in [0.25, 0.3) is 5.91 Å². The first-order chi connectivity index (χ1) is 8.97. The predicted molar refractivity (Wildman–Crippen MR) is 74.6 cm³/mol. The number of nitrogen functional groups attached to an aromatic ring is 1. The molecular weight excluding hydrogens is 312 g/mol. The number of carbonyl (C=O) groups is 2. The van der Waals surface area contributed by atoms with E-state index in [-0.39, 0.29) is 11.9 Å². The van der Waals surface area contributed by atoms with Crippen LogP contribution in [0.5, 0.6) is 0 Å². The zero-order chi connectivity index (χ0) is 14.0. The van der Waals surface area contributed by atoms with Crippen molar-refractivity contribution in [3.63, 3.8) is 0 Å². The number of ether oxygens (including phenoxy) is 1. The number of halogens is 1. The van der Waals surface area contributed by atoms with Gasteiger partial charge in [0.05, 0.1) is 5.56 Å². The predicted octanol–water partition coefficient (Wildman–Crippen LogP) is 1.86. The van der Waals surface area contributed by atoms with E-state index in [9.17, 15) is 9.59 Å². The van der Waals surface area contributed by atoms with Crippen molar-refractivity contribution in [1.82, 2.24) is 5.32 Å². The summed E-state index contributed by atoms with van der Waals surface area (Å²) in [5, 5.41) is 2.78. The Balaban J connectivity index is 1.95. The Labute approximate surface area is 119 Å². The lowest BCUT2D eigenvalue weighted by molar-refractivity contribution is -0.129. The molecule has 1 atom stereocenters. The third-order valence-corrected chi connectivity index (χ3v) is 3.53. The molecule has 1 aromatic carbocycles. The first kappa shape index (κ1) is 13.9. The molecule has 1 amide bonds. The number of benzene rings is 1. The van der Waals surface area contributed by atoms with Crippen LogP contribution in [0.4, 0.5) is 5.69 Å². The number of nitrogens with two attached hydrogens (primary N) is 1. The van der Waals surface area contributed by atoms with Crippen LogP contribution in [0.25, 0.3) is 0 Å². The van der Waals surface area contributed by atoms with Crippen LogP contribution in [-0.4, -0.2) is 24.0 Å². The van der Waals surface area contributed by atoms with Gasteiger partial charge in [-0.05, 0) is 53.9 Å². The van der Waals surface area contributed by atoms with Crippen LogP contribution >= 0.6 is 15.9 Å². The second-order valence-electron chi connectivity index (χ2n) is 4.57. The Morgan fingerprint density at radius 1 is 1.47 bits per heavy atom. The zero-order valence-electron chi connectivity index (χ0n) is 10.5. The molecule has 6 heteroatoms. The van der Waals surface area contributed by atoms with Crippen LogP contribution in [0.15, 0.2) is 22.7 Å². The van der Waals surface area contributed by atoms with Gasteiger partial charge in [-0.15, -0.1) is 0 Å². The van der Waals surface area contributed by atoms with Gasteiger partial charge >= 0.3 is 5.97 Å². The number of rotatable bonds is 4. The van der Waals surface area contributed by atoms with Crippen molar-refractivity contribution in [3.8, 4) is 0 Å². The van der Waals surface area contributed by atoms with Gasteiger partial charge in [0, 0.05) is 16.2 Å². The van der Waals surface area contributed by atoms with Crippen LogP contribution in [0.2, 0.25) is 0 Å². The second kappa shape index (κ2) is 5.61. The molecule has 3 N–H and O–H groups in total. The van der Waals surface area contributed by atoms with E-state index in [4.69, 9.17) is 10.5 Å². The van der Waals surface area contributed by atoms with Gasteiger partial charge in [-0.25, -0.2) is 4.79 Å². The SMILES string of the molecule is CC(OC(=O)c1ccc(Br)c(N)c1)C(=O)NC1CC1. The highest BCUT2D eigenvalue weighted by Crippen LogP contribution is 2.21. The molecule has 1 fully saturated rings. The van der Waals surface area contributed by atoms with Gasteiger partial charge in [0.2, 0.25) is 0 Å². The number of anilines is 1. The highest BCUT2D eigenvalue weighted by molar-refractivity contribution is 9.10. The molecule has 19 heavy (non-hydrogen) atoms. The van der Waals surface area contributed by atoms with E-state index in [2.05, 4.69) is 21.2 Å². The summed E-state index contributed by atoms with van der Waals surface area (Å²) in [4.78, 5) is 23.5. The van der Waals surface area contributed by atoms with E-state index in [0.717, 1.165) is 12.8 Å². The lowest BCUT2D eigenvalue weighted by Crippen LogP contribution is -2.37. The van der Waals surface area contributed by atoms with E-state index in [1.807, 2.05) is 0 Å². The largest absolute Gasteiger partial charge is 0.449 e. The van der Waals surface area contributed by atoms with E-state index in [0.29, 0.717) is 15.7 Å². The molecule has 1 aromatic rings. The normalized spacial score (nSPS) is 15.7. The molecule has 0 spiro atoms. The van der Waals surface area contributed by atoms with Crippen molar-refractivity contribution < 1.29 is 14.3 Å². The van der Waals surface area contributed by atoms with Crippen LogP contribution in [0.3, 0.4) is 0 Å². The number of carbonyl (C=O) groups excluding carboxylic acids is 2. The van der Waals surface area contributed by atoms with E-state index in [1.54, 1.807) is 19.1 Å². The van der Waals surface area contributed by atoms with Gasteiger partial charge in [0.15, 0.2) is 6.10 Å². The molecule has 2 rings (SSSR count). The summed E-state index contributed by atoms with van der Waals surface area (Å²) in [6.45, 7) is 1.55. The summed E-state index contributed by atoms with van der Waals surface area (Å²) in [6.07, 6.45) is 1.18. The molecule has 1 aliphatic rings. The third-order valence-electron chi connectivity index (χ3n) is 2.81. The lowest BCUT2D eigenvalue weighted by atomic mass is 10.2. The lowest BCUT2D eigenvalue weighted by Gasteiger charge is -2.13. The van der Waals surface area contributed by atoms with E-state index in [1.165, 1.54) is 6.07 Å². The summed E-state index contributed by atoms with van der Waals surface area (Å²) >= 11 is 3.25. The maximum atomic E-state index is 11.9. The number of hydrogen-bond acceptors (Lipinski definition) is 4. The quantitative estimate of drug-likeness (QED) is 0.653. The first-order valence-corrected chi connectivity index (χ1v) is 6.83. The minimum absolute atomic E-state index is 0.247. The molecule has 0 aliphatic heterocycles. The molecule has 0 heterocycles. The molecule has 0 saturated heterocycles. The number of nitrogens with one attached hydrogen (secondary N) is 1. The van der Waals surface area contributed by atoms with E-state index >= 15 is 0 Å². The maximum Gasteiger partial charge on any atom is 0.338 e. The highest BCUT2D eigenvalue weighted by atomic mass is 79.9. The molecule has 1 saturated carbocycles. The Hall–Kier alpha value is -1.56. The maximum absolute atomic E-state index is 11.9. The Morgan fingerprint density at radius 2 is 2.16 bits per heavy atom. The fourth-order valence-corrected chi connectivity index (χ4v) is 1.75. The topological polar surface area (TPSA) is 81.4 Å². The van der Waals surface area contributed by atoms with Crippen LogP contribution in [0.1, 0.15) is 30.1 Å². The molecule has 0 aromatic heterocycles. The van der Waals surface area contributed by atoms with Gasteiger partial charge in [-0.1, -0.05) is 0 Å². The van der Waals surface area contributed by atoms with Crippen LogP contribution in [0, 0.1) is 0 Å². The van der Waals surface area contributed by atoms with Crippen molar-refractivity contribution in [2.24, 2.45) is 0 Å². The minimum atomic E-state index is -0.807. The summed E-state index contributed by atoms with van der Waals surface area (Å²) in [5.41, 5.74) is 6.46. The molecule has 102 valence electrons. The zero-order valence-corrected chi connectivity index (χ0v) is 12.1. The molecule has 1 aliphatic carbocycles. The van der Waals surface area contributed by atoms with Crippen LogP contribution in [-0.2, 0) is 9.53 Å². The Bertz CT molecular complexity index is 515. The van der Waals surface area contributed by atoms with Gasteiger partial charge in [0.1, 0.15) is 0 Å². The van der Waals surface area contributed by atoms with E-state index < -0.39 is 12.1 Å².